The van der Waals surface area contributed by atoms with Gasteiger partial charge in [-0.3, -0.25) is 9.69 Å². The zero-order chi connectivity index (χ0) is 23.9. The second-order valence-electron chi connectivity index (χ2n) is 8.19. The summed E-state index contributed by atoms with van der Waals surface area (Å²) >= 11 is 0. The lowest BCUT2D eigenvalue weighted by atomic mass is 10.0. The molecule has 0 radical (unpaired) electrons. The molecule has 33 heavy (non-hydrogen) atoms. The molecule has 1 saturated heterocycles. The molecular weight excluding hydrogens is 435 g/mol. The van der Waals surface area contributed by atoms with Gasteiger partial charge in [0.25, 0.3) is 11.4 Å². The van der Waals surface area contributed by atoms with Crippen LogP contribution in [0.5, 0.6) is 0 Å². The summed E-state index contributed by atoms with van der Waals surface area (Å²) in [4.78, 5) is 24.0. The van der Waals surface area contributed by atoms with Crippen molar-refractivity contribution in [1.82, 2.24) is 14.5 Å². The summed E-state index contributed by atoms with van der Waals surface area (Å²) in [6.07, 6.45) is 0. The van der Waals surface area contributed by atoms with Crippen LogP contribution in [0.1, 0.15) is 12.5 Å². The van der Waals surface area contributed by atoms with Crippen LogP contribution in [-0.4, -0.2) is 51.3 Å². The Morgan fingerprint density at radius 1 is 1.18 bits per heavy atom. The maximum Gasteiger partial charge on any atom is 0.270 e. The highest BCUT2D eigenvalue weighted by atomic mass is 19.1. The van der Waals surface area contributed by atoms with Crippen molar-refractivity contribution in [2.45, 2.75) is 25.6 Å². The molecule has 0 unspecified atom stereocenters. The molecule has 4 rings (SSSR count). The van der Waals surface area contributed by atoms with Crippen LogP contribution in [0, 0.1) is 24.0 Å². The van der Waals surface area contributed by atoms with E-state index in [1.807, 2.05) is 11.8 Å². The molecular formula is C23H22F3N5O2. The number of nitrogens with zero attached hydrogens (tertiary/aromatic N) is 5. The van der Waals surface area contributed by atoms with E-state index in [9.17, 15) is 23.1 Å². The minimum Gasteiger partial charge on any atom is -0.395 e. The lowest BCUT2D eigenvalue weighted by Gasteiger charge is -2.45. The number of rotatable bonds is 4. The largest absolute Gasteiger partial charge is 0.395 e. The van der Waals surface area contributed by atoms with Crippen molar-refractivity contribution in [3.05, 3.63) is 75.1 Å². The second-order valence-corrected chi connectivity index (χ2v) is 8.19. The third-order valence-electron chi connectivity index (χ3n) is 6.11. The molecule has 2 atom stereocenters. The van der Waals surface area contributed by atoms with Crippen LogP contribution < -0.4 is 10.5 Å². The summed E-state index contributed by atoms with van der Waals surface area (Å²) in [5, 5.41) is 10.0. The summed E-state index contributed by atoms with van der Waals surface area (Å²) < 4.78 is 43.2. The van der Waals surface area contributed by atoms with Crippen molar-refractivity contribution in [2.75, 3.05) is 24.6 Å². The molecule has 1 aliphatic heterocycles. The van der Waals surface area contributed by atoms with Gasteiger partial charge in [-0.15, -0.1) is 4.98 Å². The Labute approximate surface area is 188 Å². The van der Waals surface area contributed by atoms with E-state index in [2.05, 4.69) is 9.83 Å². The van der Waals surface area contributed by atoms with Crippen LogP contribution >= 0.6 is 0 Å². The van der Waals surface area contributed by atoms with Crippen LogP contribution in [0.25, 0.3) is 15.9 Å². The minimum absolute atomic E-state index is 0.140. The maximum absolute atomic E-state index is 14.2. The predicted molar refractivity (Wildman–Crippen MR) is 118 cm³/mol. The lowest BCUT2D eigenvalue weighted by molar-refractivity contribution is 0.0893. The fourth-order valence-electron chi connectivity index (χ4n) is 4.32. The Morgan fingerprint density at radius 2 is 1.88 bits per heavy atom. The van der Waals surface area contributed by atoms with Gasteiger partial charge in [-0.1, -0.05) is 6.57 Å². The van der Waals surface area contributed by atoms with E-state index in [1.165, 1.54) is 10.6 Å². The van der Waals surface area contributed by atoms with Crippen molar-refractivity contribution in [3.8, 4) is 0 Å². The third-order valence-corrected chi connectivity index (χ3v) is 6.11. The first kappa shape index (κ1) is 22.8. The molecule has 0 aliphatic carbocycles. The normalized spacial score (nSPS) is 19.1. The van der Waals surface area contributed by atoms with Gasteiger partial charge in [0.05, 0.1) is 23.9 Å². The number of aryl methyl sites for hydroxylation is 1. The summed E-state index contributed by atoms with van der Waals surface area (Å²) in [5.74, 6) is -2.76. The molecule has 0 amide bonds. The van der Waals surface area contributed by atoms with Crippen molar-refractivity contribution in [3.63, 3.8) is 0 Å². The molecule has 0 spiro atoms. The molecule has 0 saturated carbocycles. The molecule has 3 aromatic rings. The highest BCUT2D eigenvalue weighted by Crippen LogP contribution is 2.31. The molecule has 3 heterocycles. The van der Waals surface area contributed by atoms with Crippen LogP contribution in [0.3, 0.4) is 0 Å². The van der Waals surface area contributed by atoms with Gasteiger partial charge in [-0.05, 0) is 19.1 Å². The quantitative estimate of drug-likeness (QED) is 0.611. The summed E-state index contributed by atoms with van der Waals surface area (Å²) in [6, 6.07) is 5.22. The topological polar surface area (TPSA) is 66.0 Å². The van der Waals surface area contributed by atoms with E-state index in [0.717, 1.165) is 0 Å². The van der Waals surface area contributed by atoms with Crippen LogP contribution in [-0.2, 0) is 13.6 Å². The predicted octanol–water partition coefficient (Wildman–Crippen LogP) is 2.97. The van der Waals surface area contributed by atoms with Gasteiger partial charge in [0.2, 0.25) is 5.52 Å². The molecule has 10 heteroatoms. The summed E-state index contributed by atoms with van der Waals surface area (Å²) in [7, 11) is 1.62. The number of aliphatic hydroxyl groups excluding tert-OH is 1. The van der Waals surface area contributed by atoms with Crippen molar-refractivity contribution >= 4 is 22.5 Å². The Bertz CT molecular complexity index is 1300. The fourth-order valence-corrected chi connectivity index (χ4v) is 4.32. The number of aromatic nitrogens is 2. The van der Waals surface area contributed by atoms with E-state index in [1.54, 1.807) is 24.1 Å². The number of hydrogen-bond acceptors (Lipinski definition) is 5. The Morgan fingerprint density at radius 3 is 2.52 bits per heavy atom. The standard InChI is InChI=1S/C23H22F3N5O2/c1-13-9-30(11-16-17(25)6-14(24)7-18(16)26)15(12-32)10-31(13)20-8-22(33)29(3)19-4-5-21(27-2)28-23(19)20/h4-8,13,15,32H,9-12H2,1,3H3/t13-,15-/m1/s1. The Hall–Kier alpha value is -3.42. The van der Waals surface area contributed by atoms with Gasteiger partial charge in [-0.2, -0.15) is 0 Å². The van der Waals surface area contributed by atoms with Crippen LogP contribution in [0.4, 0.5) is 24.7 Å². The smallest absolute Gasteiger partial charge is 0.270 e. The number of pyridine rings is 2. The number of piperazine rings is 1. The van der Waals surface area contributed by atoms with Gasteiger partial charge in [0, 0.05) is 56.5 Å². The number of anilines is 1. The molecule has 1 N–H and O–H groups in total. The molecule has 1 aromatic carbocycles. The number of halogens is 3. The molecule has 1 aliphatic rings. The zero-order valence-electron chi connectivity index (χ0n) is 18.1. The minimum atomic E-state index is -0.991. The monoisotopic (exact) mass is 457 g/mol. The van der Waals surface area contributed by atoms with Gasteiger partial charge < -0.3 is 19.4 Å². The molecule has 2 aromatic heterocycles. The number of aliphatic hydroxyl groups is 1. The second kappa shape index (κ2) is 8.84. The first-order valence-electron chi connectivity index (χ1n) is 10.4. The first-order chi connectivity index (χ1) is 15.7. The van der Waals surface area contributed by atoms with Crippen LogP contribution in [0.15, 0.2) is 35.1 Å². The SMILES string of the molecule is [C-]#[N+]c1ccc2c(n1)c(N1C[C@H](CO)N(Cc3c(F)cc(F)cc3F)C[C@H]1C)cc(=O)n2C. The fraction of sp³-hybridized carbons (Fsp3) is 0.348. The number of benzene rings is 1. The van der Waals surface area contributed by atoms with E-state index < -0.39 is 23.5 Å². The zero-order valence-corrected chi connectivity index (χ0v) is 18.1. The van der Waals surface area contributed by atoms with E-state index in [4.69, 9.17) is 6.57 Å². The Balaban J connectivity index is 1.71. The summed E-state index contributed by atoms with van der Waals surface area (Å²) in [5.41, 5.74) is 1.07. The maximum atomic E-state index is 14.2. The molecule has 0 bridgehead atoms. The molecule has 172 valence electrons. The lowest BCUT2D eigenvalue weighted by Crippen LogP contribution is -2.58. The van der Waals surface area contributed by atoms with Crippen molar-refractivity contribution in [1.29, 1.82) is 0 Å². The third kappa shape index (κ3) is 4.17. The first-order valence-corrected chi connectivity index (χ1v) is 10.4. The van der Waals surface area contributed by atoms with Crippen molar-refractivity contribution in [2.24, 2.45) is 7.05 Å². The number of fused-ring (bicyclic) bond motifs is 1. The van der Waals surface area contributed by atoms with Crippen molar-refractivity contribution < 1.29 is 18.3 Å². The highest BCUT2D eigenvalue weighted by molar-refractivity contribution is 5.89. The summed E-state index contributed by atoms with van der Waals surface area (Å²) in [6.45, 7) is 9.30. The molecule has 1 fully saturated rings. The average Bonchev–Trinajstić information content (AvgIpc) is 2.78. The van der Waals surface area contributed by atoms with E-state index in [-0.39, 0.29) is 42.7 Å². The van der Waals surface area contributed by atoms with E-state index >= 15 is 0 Å². The van der Waals surface area contributed by atoms with Crippen LogP contribution in [0.2, 0.25) is 0 Å². The Kier molecular flexibility index (Phi) is 6.10. The van der Waals surface area contributed by atoms with Gasteiger partial charge in [0.1, 0.15) is 17.5 Å². The van der Waals surface area contributed by atoms with Gasteiger partial charge in [0.15, 0.2) is 0 Å². The van der Waals surface area contributed by atoms with Gasteiger partial charge in [-0.25, -0.2) is 13.2 Å². The molecule has 7 nitrogen and oxygen atoms in total. The highest BCUT2D eigenvalue weighted by Gasteiger charge is 2.34. The average molecular weight is 457 g/mol. The van der Waals surface area contributed by atoms with E-state index in [0.29, 0.717) is 35.4 Å². The van der Waals surface area contributed by atoms with Gasteiger partial charge >= 0.3 is 0 Å². The number of hydrogen-bond donors (Lipinski definition) is 1.